The van der Waals surface area contributed by atoms with Crippen molar-refractivity contribution in [1.82, 2.24) is 36.5 Å². The monoisotopic (exact) mass is 970 g/mol. The highest BCUT2D eigenvalue weighted by atomic mass is 32.2. The maximum absolute atomic E-state index is 13.2. The Morgan fingerprint density at radius 2 is 1.67 bits per heavy atom. The topological polar surface area (TPSA) is 199 Å². The molecule has 4 heterocycles. The Bertz CT molecular complexity index is 1910. The lowest BCUT2D eigenvalue weighted by Crippen LogP contribution is -2.42. The molecule has 1 aromatic heterocycles. The van der Waals surface area contributed by atoms with Gasteiger partial charge in [0.15, 0.2) is 0 Å². The van der Waals surface area contributed by atoms with Gasteiger partial charge in [-0.2, -0.15) is 11.8 Å². The molecule has 3 aliphatic rings. The number of aromatic nitrogens is 1. The number of ether oxygens (including phenoxy) is 4. The van der Waals surface area contributed by atoms with Crippen molar-refractivity contribution in [2.75, 3.05) is 72.5 Å². The number of rotatable bonds is 22. The van der Waals surface area contributed by atoms with Crippen LogP contribution in [0.15, 0.2) is 64.6 Å². The minimum Gasteiger partial charge on any atom is -0.462 e. The minimum atomic E-state index is -0.544. The van der Waals surface area contributed by atoms with E-state index in [9.17, 15) is 24.0 Å². The number of esters is 2. The van der Waals surface area contributed by atoms with Crippen molar-refractivity contribution in [3.05, 3.63) is 75.3 Å². The number of carbonyl (C=O) groups is 5. The predicted molar refractivity (Wildman–Crippen MR) is 265 cm³/mol. The Balaban J connectivity index is 1.18. The summed E-state index contributed by atoms with van der Waals surface area (Å²) in [5.74, 6) is -0.182. The second kappa shape index (κ2) is 30.2. The highest BCUT2D eigenvalue weighted by Crippen LogP contribution is 2.33. The molecule has 4 rings (SSSR count). The molecule has 4 amide bonds. The van der Waals surface area contributed by atoms with Gasteiger partial charge in [0, 0.05) is 73.3 Å². The Morgan fingerprint density at radius 1 is 0.940 bits per heavy atom. The first-order chi connectivity index (χ1) is 32.1. The number of amides is 4. The molecule has 16 nitrogen and oxygen atoms in total. The second-order valence-corrected chi connectivity index (χ2v) is 20.1. The van der Waals surface area contributed by atoms with E-state index in [1.807, 2.05) is 77.2 Å². The molecule has 7 atom stereocenters. The van der Waals surface area contributed by atoms with Crippen molar-refractivity contribution < 1.29 is 42.9 Å². The fourth-order valence-corrected chi connectivity index (χ4v) is 10.3. The zero-order valence-corrected chi connectivity index (χ0v) is 42.2. The third kappa shape index (κ3) is 22.6. The van der Waals surface area contributed by atoms with Crippen LogP contribution in [0.5, 0.6) is 0 Å². The molecule has 67 heavy (non-hydrogen) atoms. The van der Waals surface area contributed by atoms with Crippen LogP contribution < -0.4 is 26.6 Å². The smallest absolute Gasteiger partial charge is 0.331 e. The molecular weight excluding hydrogens is 895 g/mol. The van der Waals surface area contributed by atoms with Crippen molar-refractivity contribution in [3.63, 3.8) is 0 Å². The Kier molecular flexibility index (Phi) is 24.9. The second-order valence-electron chi connectivity index (χ2n) is 17.9. The molecule has 0 radical (unpaired) electrons. The molecule has 3 aliphatic heterocycles. The van der Waals surface area contributed by atoms with E-state index in [-0.39, 0.29) is 60.8 Å². The van der Waals surface area contributed by atoms with Crippen molar-refractivity contribution in [2.45, 2.75) is 127 Å². The van der Waals surface area contributed by atoms with Crippen LogP contribution >= 0.6 is 23.1 Å². The van der Waals surface area contributed by atoms with Gasteiger partial charge in [0.05, 0.1) is 62.2 Å². The van der Waals surface area contributed by atoms with E-state index < -0.39 is 18.2 Å². The standard InChI is InChI=1S/C49H75N7O9S2/c1-33(17-20-56(6)7)15-16-35(3)26-39-29-45-53-40(31-67-45)36(4)27-38(28-47(60)64-37(5)25-34(2)11-10-14-46(59)65-39)52-30-44(58)51-19-22-63-24-23-62-21-18-50-43(57)13-9-8-12-42-48-41(32-66-42)54-49(61)55-48/h10-11,14-17,26,31,36-39,41-42,48,52H,8-9,12-13,18-25,27-30,32H2,1-7H3,(H,50,57)(H,51,58)(H2,54,55,61)/t36-,37-,38+,39+,41?,42?,48?/m0/s1. The van der Waals surface area contributed by atoms with Crippen LogP contribution in [0.1, 0.15) is 96.2 Å². The van der Waals surface area contributed by atoms with Gasteiger partial charge in [-0.25, -0.2) is 14.6 Å². The lowest BCUT2D eigenvalue weighted by molar-refractivity contribution is -0.149. The molecule has 0 aliphatic carbocycles. The first kappa shape index (κ1) is 55.3. The molecule has 2 fully saturated rings. The lowest BCUT2D eigenvalue weighted by Gasteiger charge is -2.22. The summed E-state index contributed by atoms with van der Waals surface area (Å²) in [6.07, 6.45) is 16.8. The van der Waals surface area contributed by atoms with Crippen molar-refractivity contribution in [3.8, 4) is 0 Å². The predicted octanol–water partition coefficient (Wildman–Crippen LogP) is 5.28. The van der Waals surface area contributed by atoms with E-state index >= 15 is 0 Å². The van der Waals surface area contributed by atoms with Gasteiger partial charge in [-0.15, -0.1) is 11.3 Å². The quantitative estimate of drug-likeness (QED) is 0.0436. The number of likely N-dealkylation sites (N-methyl/N-ethyl adjacent to an activating group) is 1. The van der Waals surface area contributed by atoms with Crippen LogP contribution in [0.2, 0.25) is 0 Å². The number of fused-ring (bicyclic) bond motifs is 3. The van der Waals surface area contributed by atoms with Gasteiger partial charge < -0.3 is 50.4 Å². The zero-order valence-electron chi connectivity index (χ0n) is 40.6. The molecule has 0 aromatic carbocycles. The molecular formula is C49H75N7O9S2. The molecule has 0 saturated carbocycles. The van der Waals surface area contributed by atoms with E-state index in [1.165, 1.54) is 17.4 Å². The van der Waals surface area contributed by atoms with Crippen LogP contribution in [0.25, 0.3) is 0 Å². The Morgan fingerprint density at radius 3 is 2.42 bits per heavy atom. The number of allylic oxidation sites excluding steroid dienone is 6. The number of nitrogens with one attached hydrogen (secondary N) is 5. The van der Waals surface area contributed by atoms with E-state index in [4.69, 9.17) is 23.9 Å². The van der Waals surface area contributed by atoms with E-state index in [2.05, 4.69) is 50.6 Å². The van der Waals surface area contributed by atoms with E-state index in [0.29, 0.717) is 70.5 Å². The third-order valence-electron chi connectivity index (χ3n) is 11.3. The van der Waals surface area contributed by atoms with Gasteiger partial charge >= 0.3 is 18.0 Å². The molecule has 18 heteroatoms. The fraction of sp³-hybridized carbons (Fsp3) is 0.633. The first-order valence-electron chi connectivity index (χ1n) is 23.6. The highest BCUT2D eigenvalue weighted by molar-refractivity contribution is 8.00. The van der Waals surface area contributed by atoms with E-state index in [1.54, 1.807) is 6.08 Å². The van der Waals surface area contributed by atoms with Crippen LogP contribution in [0.4, 0.5) is 4.79 Å². The summed E-state index contributed by atoms with van der Waals surface area (Å²) in [6, 6.07) is -0.0349. The summed E-state index contributed by atoms with van der Waals surface area (Å²) < 4.78 is 22.9. The Labute approximate surface area is 406 Å². The van der Waals surface area contributed by atoms with Crippen molar-refractivity contribution in [1.29, 1.82) is 0 Å². The van der Waals surface area contributed by atoms with Crippen LogP contribution in [0, 0.1) is 0 Å². The summed E-state index contributed by atoms with van der Waals surface area (Å²) >= 11 is 3.38. The molecule has 2 bridgehead atoms. The largest absolute Gasteiger partial charge is 0.462 e. The van der Waals surface area contributed by atoms with Gasteiger partial charge in [0.25, 0.3) is 0 Å². The molecule has 2 saturated heterocycles. The number of thiazole rings is 1. The fourth-order valence-electron chi connectivity index (χ4n) is 7.77. The lowest BCUT2D eigenvalue weighted by atomic mass is 9.97. The van der Waals surface area contributed by atoms with Crippen molar-refractivity contribution in [2.24, 2.45) is 0 Å². The maximum Gasteiger partial charge on any atom is 0.331 e. The summed E-state index contributed by atoms with van der Waals surface area (Å²) in [4.78, 5) is 69.9. The molecule has 372 valence electrons. The number of carbonyl (C=O) groups excluding carboxylic acids is 5. The molecule has 3 unspecified atom stereocenters. The van der Waals surface area contributed by atoms with Crippen LogP contribution in [-0.4, -0.2) is 148 Å². The number of hydrogen-bond acceptors (Lipinski definition) is 14. The highest BCUT2D eigenvalue weighted by Gasteiger charge is 2.42. The minimum absolute atomic E-state index is 0.00152. The number of urea groups is 1. The van der Waals surface area contributed by atoms with Gasteiger partial charge in [-0.1, -0.05) is 60.4 Å². The molecule has 5 N–H and O–H groups in total. The normalized spacial score (nSPS) is 24.5. The van der Waals surface area contributed by atoms with E-state index in [0.717, 1.165) is 59.0 Å². The molecule has 1 aromatic rings. The summed E-state index contributed by atoms with van der Waals surface area (Å²) in [5, 5.41) is 18.2. The summed E-state index contributed by atoms with van der Waals surface area (Å²) in [6.45, 7) is 12.8. The third-order valence-corrected chi connectivity index (χ3v) is 13.7. The number of unbranched alkanes of at least 4 members (excludes halogenated alkanes) is 1. The van der Waals surface area contributed by atoms with Gasteiger partial charge in [0.1, 0.15) is 12.2 Å². The van der Waals surface area contributed by atoms with Crippen LogP contribution in [0.3, 0.4) is 0 Å². The molecule has 0 spiro atoms. The number of hydrogen-bond donors (Lipinski definition) is 5. The number of cyclic esters (lactones) is 2. The number of thioether (sulfide) groups is 1. The summed E-state index contributed by atoms with van der Waals surface area (Å²) in [5.41, 5.74) is 3.88. The zero-order chi connectivity index (χ0) is 48.6. The maximum atomic E-state index is 13.2. The summed E-state index contributed by atoms with van der Waals surface area (Å²) in [7, 11) is 4.05. The average molecular weight is 970 g/mol. The number of nitrogens with zero attached hydrogens (tertiary/aromatic N) is 2. The van der Waals surface area contributed by atoms with Gasteiger partial charge in [-0.05, 0) is 67.1 Å². The SMILES string of the molecule is CC(C=CC(C)=C[C@@H]1Cc2nc(cs2)[C@@H](C)C[C@@H](NCC(=O)NCCOCCOCCNC(=O)CCCCC2SCC3NC(=O)NC32)CC(=O)O[C@@H](C)CC(C)=CC=CC(=O)O1)=CCN(C)C. The van der Waals surface area contributed by atoms with Crippen LogP contribution in [-0.2, 0) is 44.5 Å². The Hall–Kier alpha value is -4.33. The van der Waals surface area contributed by atoms with Crippen molar-refractivity contribution >= 4 is 52.9 Å². The average Bonchev–Trinajstić information content (AvgIpc) is 3.99. The van der Waals surface area contributed by atoms with Gasteiger partial charge in [-0.3, -0.25) is 14.4 Å². The van der Waals surface area contributed by atoms with Gasteiger partial charge in [0.2, 0.25) is 11.8 Å². The first-order valence-corrected chi connectivity index (χ1v) is 25.5.